The summed E-state index contributed by atoms with van der Waals surface area (Å²) in [6.45, 7) is 0.934. The lowest BCUT2D eigenvalue weighted by molar-refractivity contribution is 0.0482. The van der Waals surface area contributed by atoms with Gasteiger partial charge in [0.15, 0.2) is 0 Å². The van der Waals surface area contributed by atoms with Gasteiger partial charge in [0.2, 0.25) is 0 Å². The van der Waals surface area contributed by atoms with Crippen molar-refractivity contribution in [1.29, 1.82) is 0 Å². The van der Waals surface area contributed by atoms with E-state index >= 15 is 0 Å². The average molecular weight is 358 g/mol. The topological polar surface area (TPSA) is 15.3 Å². The van der Waals surface area contributed by atoms with Crippen LogP contribution in [0.3, 0.4) is 0 Å². The van der Waals surface area contributed by atoms with Crippen LogP contribution in [0.5, 0.6) is 0 Å². The van der Waals surface area contributed by atoms with Gasteiger partial charge in [-0.05, 0) is 66.4 Å². The summed E-state index contributed by atoms with van der Waals surface area (Å²) in [5.41, 5.74) is 1.30. The molecular weight excluding hydrogens is 336 g/mol. The smallest absolute Gasteiger partial charge is 0.0548 e. The lowest BCUT2D eigenvalue weighted by Gasteiger charge is -2.47. The lowest BCUT2D eigenvalue weighted by atomic mass is 9.82. The van der Waals surface area contributed by atoms with Crippen LogP contribution in [-0.4, -0.2) is 30.1 Å². The van der Waals surface area contributed by atoms with E-state index in [1.165, 1.54) is 37.7 Å². The Morgan fingerprint density at radius 1 is 1.30 bits per heavy atom. The van der Waals surface area contributed by atoms with E-state index in [1.807, 2.05) is 6.07 Å². The van der Waals surface area contributed by atoms with Crippen molar-refractivity contribution in [3.05, 3.63) is 33.3 Å². The Morgan fingerprint density at radius 3 is 2.65 bits per heavy atom. The molecule has 3 rings (SSSR count). The molecule has 2 fully saturated rings. The van der Waals surface area contributed by atoms with Crippen LogP contribution in [0.1, 0.15) is 37.7 Å². The monoisotopic (exact) mass is 356 g/mol. The van der Waals surface area contributed by atoms with Crippen molar-refractivity contribution in [2.75, 3.05) is 7.05 Å². The highest BCUT2D eigenvalue weighted by Gasteiger charge is 2.35. The van der Waals surface area contributed by atoms with Gasteiger partial charge in [-0.25, -0.2) is 0 Å². The molecule has 2 aliphatic heterocycles. The van der Waals surface area contributed by atoms with Gasteiger partial charge in [-0.2, -0.15) is 0 Å². The third-order valence-electron chi connectivity index (χ3n) is 4.92. The molecule has 0 aromatic heterocycles. The van der Waals surface area contributed by atoms with E-state index in [1.54, 1.807) is 0 Å². The van der Waals surface area contributed by atoms with E-state index in [4.69, 9.17) is 11.6 Å². The van der Waals surface area contributed by atoms with Crippen LogP contribution in [-0.2, 0) is 6.54 Å². The number of rotatable bonds is 3. The number of nitrogens with one attached hydrogen (secondary N) is 1. The number of hydrogen-bond acceptors (Lipinski definition) is 2. The first kappa shape index (κ1) is 14.8. The van der Waals surface area contributed by atoms with Gasteiger partial charge in [0.05, 0.1) is 5.02 Å². The van der Waals surface area contributed by atoms with Crippen molar-refractivity contribution < 1.29 is 0 Å². The van der Waals surface area contributed by atoms with Crippen LogP contribution in [0.2, 0.25) is 5.02 Å². The predicted molar refractivity (Wildman–Crippen MR) is 88.2 cm³/mol. The number of halogens is 2. The van der Waals surface area contributed by atoms with Crippen LogP contribution < -0.4 is 5.32 Å². The maximum Gasteiger partial charge on any atom is 0.0548 e. The van der Waals surface area contributed by atoms with Crippen LogP contribution in [0.4, 0.5) is 0 Å². The minimum absolute atomic E-state index is 0.663. The fourth-order valence-electron chi connectivity index (χ4n) is 3.69. The normalized spacial score (nSPS) is 30.4. The minimum atomic E-state index is 0.663. The Morgan fingerprint density at radius 2 is 2.00 bits per heavy atom. The predicted octanol–water partition coefficient (Wildman–Crippen LogP) is 4.21. The zero-order chi connectivity index (χ0) is 14.1. The Bertz CT molecular complexity index is 466. The summed E-state index contributed by atoms with van der Waals surface area (Å²) in [5, 5.41) is 4.52. The number of piperidine rings is 2. The highest BCUT2D eigenvalue weighted by Crippen LogP contribution is 2.32. The van der Waals surface area contributed by atoms with Gasteiger partial charge < -0.3 is 10.2 Å². The molecule has 0 spiro atoms. The van der Waals surface area contributed by atoms with E-state index < -0.39 is 0 Å². The Hall–Kier alpha value is -0.0900. The summed E-state index contributed by atoms with van der Waals surface area (Å²) >= 11 is 9.53. The molecule has 0 aliphatic carbocycles. The zero-order valence-corrected chi connectivity index (χ0v) is 14.3. The molecular formula is C16H22BrClN2. The van der Waals surface area contributed by atoms with Crippen molar-refractivity contribution in [3.63, 3.8) is 0 Å². The summed E-state index contributed by atoms with van der Waals surface area (Å²) in [4.78, 5) is 2.61. The van der Waals surface area contributed by atoms with Crippen molar-refractivity contribution in [3.8, 4) is 0 Å². The van der Waals surface area contributed by atoms with Gasteiger partial charge in [-0.3, -0.25) is 0 Å². The second kappa shape index (κ2) is 6.35. The quantitative estimate of drug-likeness (QED) is 0.872. The summed E-state index contributed by atoms with van der Waals surface area (Å²) < 4.78 is 0.985. The summed E-state index contributed by atoms with van der Waals surface area (Å²) in [5.74, 6) is 0. The maximum atomic E-state index is 6.04. The van der Waals surface area contributed by atoms with E-state index in [-0.39, 0.29) is 0 Å². The number of hydrogen-bond donors (Lipinski definition) is 1. The molecule has 0 amide bonds. The van der Waals surface area contributed by atoms with Crippen molar-refractivity contribution in [1.82, 2.24) is 10.2 Å². The second-order valence-electron chi connectivity index (χ2n) is 6.20. The summed E-state index contributed by atoms with van der Waals surface area (Å²) in [6, 6.07) is 8.43. The molecule has 110 valence electrons. The fraction of sp³-hybridized carbons (Fsp3) is 0.625. The van der Waals surface area contributed by atoms with Gasteiger partial charge in [0.25, 0.3) is 0 Å². The maximum absolute atomic E-state index is 6.04. The Balaban J connectivity index is 1.57. The fourth-order valence-corrected chi connectivity index (χ4v) is 4.24. The van der Waals surface area contributed by atoms with Crippen molar-refractivity contribution >= 4 is 27.5 Å². The second-order valence-corrected chi connectivity index (χ2v) is 7.46. The Kier molecular flexibility index (Phi) is 4.71. The molecule has 1 N–H and O–H groups in total. The molecule has 2 atom stereocenters. The lowest BCUT2D eigenvalue weighted by Crippen LogP contribution is -2.54. The average Bonchev–Trinajstić information content (AvgIpc) is 2.41. The molecule has 2 heterocycles. The van der Waals surface area contributed by atoms with Gasteiger partial charge in [-0.15, -0.1) is 0 Å². The first-order valence-electron chi connectivity index (χ1n) is 7.52. The van der Waals surface area contributed by atoms with Crippen LogP contribution >= 0.6 is 27.5 Å². The van der Waals surface area contributed by atoms with Crippen molar-refractivity contribution in [2.24, 2.45) is 0 Å². The molecule has 2 unspecified atom stereocenters. The molecule has 4 heteroatoms. The van der Waals surface area contributed by atoms with Gasteiger partial charge in [0.1, 0.15) is 0 Å². The SMILES string of the molecule is CN1C2CCCC1CC(NCc1ccc(Cl)c(Br)c1)C2. The number of benzene rings is 1. The molecule has 1 aromatic rings. The third-order valence-corrected chi connectivity index (χ3v) is 6.13. The molecule has 2 bridgehead atoms. The molecule has 20 heavy (non-hydrogen) atoms. The highest BCUT2D eigenvalue weighted by atomic mass is 79.9. The van der Waals surface area contributed by atoms with Gasteiger partial charge in [-0.1, -0.05) is 24.1 Å². The molecule has 2 aliphatic rings. The summed E-state index contributed by atoms with van der Waals surface area (Å²) in [7, 11) is 2.31. The van der Waals surface area contributed by atoms with Crippen LogP contribution in [0, 0.1) is 0 Å². The van der Waals surface area contributed by atoms with Crippen LogP contribution in [0.25, 0.3) is 0 Å². The molecule has 2 nitrogen and oxygen atoms in total. The first-order valence-corrected chi connectivity index (χ1v) is 8.70. The van der Waals surface area contributed by atoms with Crippen LogP contribution in [0.15, 0.2) is 22.7 Å². The Labute approximate surface area is 135 Å². The summed E-state index contributed by atoms with van der Waals surface area (Å²) in [6.07, 6.45) is 6.75. The minimum Gasteiger partial charge on any atom is -0.310 e. The molecule has 0 saturated carbocycles. The standard InChI is InChI=1S/C16H22BrClN2/c1-20-13-3-2-4-14(20)9-12(8-13)19-10-11-5-6-16(18)15(17)7-11/h5-7,12-14,19H,2-4,8-10H2,1H3. The number of fused-ring (bicyclic) bond motifs is 2. The largest absolute Gasteiger partial charge is 0.310 e. The van der Waals surface area contributed by atoms with E-state index in [9.17, 15) is 0 Å². The van der Waals surface area contributed by atoms with Gasteiger partial charge in [0, 0.05) is 29.1 Å². The molecule has 1 aromatic carbocycles. The number of nitrogens with zero attached hydrogens (tertiary/aromatic N) is 1. The van der Waals surface area contributed by atoms with Gasteiger partial charge >= 0.3 is 0 Å². The van der Waals surface area contributed by atoms with E-state index in [2.05, 4.69) is 45.3 Å². The first-order chi connectivity index (χ1) is 9.63. The highest BCUT2D eigenvalue weighted by molar-refractivity contribution is 9.10. The van der Waals surface area contributed by atoms with E-state index in [0.29, 0.717) is 6.04 Å². The van der Waals surface area contributed by atoms with Crippen molar-refractivity contribution in [2.45, 2.75) is 56.8 Å². The third kappa shape index (κ3) is 3.22. The zero-order valence-electron chi connectivity index (χ0n) is 11.9. The molecule has 0 radical (unpaired) electrons. The molecule has 2 saturated heterocycles. The van der Waals surface area contributed by atoms with E-state index in [0.717, 1.165) is 28.1 Å².